The van der Waals surface area contributed by atoms with Crippen LogP contribution in [-0.2, 0) is 0 Å². The minimum atomic E-state index is 0. The van der Waals surface area contributed by atoms with E-state index < -0.39 is 0 Å². The maximum Gasteiger partial charge on any atom is 0.143 e. The normalized spacial score (nSPS) is 11.3. The van der Waals surface area contributed by atoms with Crippen molar-refractivity contribution in [3.63, 3.8) is 0 Å². The number of benzene rings is 9. The SMILES string of the molecule is C.c1ccc(-c2ccc(-c3ccc(N(c4ccc(-c5cccc6c5oc5ccccc56)cc4)c4cccc(-c5cccc6c5oc5ccccc56)c4)cc3)cc2)cc1. The van der Waals surface area contributed by atoms with E-state index in [2.05, 4.69) is 193 Å². The van der Waals surface area contributed by atoms with E-state index in [1.807, 2.05) is 24.3 Å². The minimum absolute atomic E-state index is 0. The Hall–Kier alpha value is -7.62. The van der Waals surface area contributed by atoms with Gasteiger partial charge in [-0.25, -0.2) is 0 Å². The van der Waals surface area contributed by atoms with Crippen molar-refractivity contribution < 1.29 is 8.83 Å². The predicted octanol–water partition coefficient (Wildman–Crippen LogP) is 16.3. The molecule has 0 N–H and O–H groups in total. The van der Waals surface area contributed by atoms with Gasteiger partial charge in [0.05, 0.1) is 0 Å². The Morgan fingerprint density at radius 1 is 0.276 bits per heavy atom. The molecule has 0 atom stereocenters. The molecule has 58 heavy (non-hydrogen) atoms. The predicted molar refractivity (Wildman–Crippen MR) is 244 cm³/mol. The summed E-state index contributed by atoms with van der Waals surface area (Å²) in [5.74, 6) is 0. The van der Waals surface area contributed by atoms with Crippen LogP contribution in [0.5, 0.6) is 0 Å². The molecular formula is C55H39NO2. The van der Waals surface area contributed by atoms with Gasteiger partial charge in [-0.2, -0.15) is 0 Å². The number of nitrogens with zero attached hydrogens (tertiary/aromatic N) is 1. The monoisotopic (exact) mass is 745 g/mol. The van der Waals surface area contributed by atoms with E-state index in [4.69, 9.17) is 8.83 Å². The van der Waals surface area contributed by atoms with Crippen molar-refractivity contribution in [2.75, 3.05) is 4.90 Å². The first kappa shape index (κ1) is 34.8. The van der Waals surface area contributed by atoms with Gasteiger partial charge in [0.1, 0.15) is 22.3 Å². The van der Waals surface area contributed by atoms with Gasteiger partial charge in [-0.3, -0.25) is 0 Å². The van der Waals surface area contributed by atoms with Crippen LogP contribution in [0.3, 0.4) is 0 Å². The maximum absolute atomic E-state index is 6.48. The van der Waals surface area contributed by atoms with Crippen LogP contribution in [0.4, 0.5) is 17.1 Å². The first-order valence-electron chi connectivity index (χ1n) is 19.3. The highest BCUT2D eigenvalue weighted by atomic mass is 16.3. The summed E-state index contributed by atoms with van der Waals surface area (Å²) < 4.78 is 12.9. The molecule has 276 valence electrons. The Bertz CT molecular complexity index is 3210. The smallest absolute Gasteiger partial charge is 0.143 e. The highest BCUT2D eigenvalue weighted by Gasteiger charge is 2.18. The average molecular weight is 746 g/mol. The van der Waals surface area contributed by atoms with E-state index in [1.54, 1.807) is 0 Å². The summed E-state index contributed by atoms with van der Waals surface area (Å²) in [6.45, 7) is 0. The van der Waals surface area contributed by atoms with Gasteiger partial charge >= 0.3 is 0 Å². The standard InChI is InChI=1S/C54H35NO2.CH4/c1-2-11-36(12-3-1)37-23-25-38(26-24-37)39-27-31-42(32-28-39)55(43-33-29-40(30-34-43)45-17-9-19-49-47-15-4-6-21-51(47)56-53(45)49)44-14-8-13-41(35-44)46-18-10-20-50-48-16-5-7-22-52(48)57-54(46)50;/h1-35H;1H4. The van der Waals surface area contributed by atoms with Gasteiger partial charge in [0, 0.05) is 49.7 Å². The van der Waals surface area contributed by atoms with E-state index in [0.29, 0.717) is 0 Å². The largest absolute Gasteiger partial charge is 0.455 e. The summed E-state index contributed by atoms with van der Waals surface area (Å²) >= 11 is 0. The quantitative estimate of drug-likeness (QED) is 0.163. The van der Waals surface area contributed by atoms with Crippen LogP contribution >= 0.6 is 0 Å². The van der Waals surface area contributed by atoms with Crippen molar-refractivity contribution in [1.29, 1.82) is 0 Å². The highest BCUT2D eigenvalue weighted by Crippen LogP contribution is 2.42. The molecule has 0 spiro atoms. The molecule has 0 aliphatic rings. The molecule has 3 nitrogen and oxygen atoms in total. The average Bonchev–Trinajstić information content (AvgIpc) is 3.86. The number of fused-ring (bicyclic) bond motifs is 6. The third-order valence-corrected chi connectivity index (χ3v) is 11.1. The molecule has 0 saturated heterocycles. The van der Waals surface area contributed by atoms with Gasteiger partial charge in [-0.1, -0.05) is 171 Å². The van der Waals surface area contributed by atoms with E-state index in [1.165, 1.54) is 16.7 Å². The lowest BCUT2D eigenvalue weighted by Gasteiger charge is -2.26. The second-order valence-electron chi connectivity index (χ2n) is 14.5. The summed E-state index contributed by atoms with van der Waals surface area (Å²) in [7, 11) is 0. The van der Waals surface area contributed by atoms with Crippen LogP contribution < -0.4 is 4.90 Å². The summed E-state index contributed by atoms with van der Waals surface area (Å²) in [4.78, 5) is 2.33. The molecule has 0 amide bonds. The van der Waals surface area contributed by atoms with E-state index in [-0.39, 0.29) is 7.43 Å². The summed E-state index contributed by atoms with van der Waals surface area (Å²) in [5, 5.41) is 4.50. The number of rotatable bonds is 7. The molecule has 0 bridgehead atoms. The fraction of sp³-hybridized carbons (Fsp3) is 0.0182. The number of anilines is 3. The molecule has 0 radical (unpaired) electrons. The van der Waals surface area contributed by atoms with Crippen molar-refractivity contribution in [2.24, 2.45) is 0 Å². The number of para-hydroxylation sites is 4. The van der Waals surface area contributed by atoms with Crippen LogP contribution in [-0.4, -0.2) is 0 Å². The lowest BCUT2D eigenvalue weighted by atomic mass is 9.99. The molecule has 2 heterocycles. The fourth-order valence-corrected chi connectivity index (χ4v) is 8.29. The van der Waals surface area contributed by atoms with Gasteiger partial charge < -0.3 is 13.7 Å². The van der Waals surface area contributed by atoms with Gasteiger partial charge in [-0.05, 0) is 81.9 Å². The van der Waals surface area contributed by atoms with E-state index >= 15 is 0 Å². The Labute approximate surface area is 337 Å². The molecule has 2 aromatic heterocycles. The Kier molecular flexibility index (Phi) is 8.69. The van der Waals surface area contributed by atoms with Crippen molar-refractivity contribution in [1.82, 2.24) is 0 Å². The van der Waals surface area contributed by atoms with Crippen molar-refractivity contribution in [2.45, 2.75) is 7.43 Å². The zero-order valence-corrected chi connectivity index (χ0v) is 31.0. The van der Waals surface area contributed by atoms with Gasteiger partial charge in [0.25, 0.3) is 0 Å². The molecule has 3 heteroatoms. The third kappa shape index (κ3) is 6.01. The molecule has 0 aliphatic carbocycles. The second kappa shape index (κ2) is 14.5. The van der Waals surface area contributed by atoms with Gasteiger partial charge in [0.15, 0.2) is 0 Å². The maximum atomic E-state index is 6.48. The summed E-state index contributed by atoms with van der Waals surface area (Å²) in [6.07, 6.45) is 0. The first-order chi connectivity index (χ1) is 28.2. The lowest BCUT2D eigenvalue weighted by molar-refractivity contribution is 0.669. The molecular weight excluding hydrogens is 707 g/mol. The Balaban J connectivity index is 0.00000408. The highest BCUT2D eigenvalue weighted by molar-refractivity contribution is 6.10. The number of hydrogen-bond acceptors (Lipinski definition) is 3. The molecule has 11 rings (SSSR count). The van der Waals surface area contributed by atoms with Gasteiger partial charge in [0.2, 0.25) is 0 Å². The zero-order chi connectivity index (χ0) is 37.7. The van der Waals surface area contributed by atoms with Crippen molar-refractivity contribution in [3.05, 3.63) is 212 Å². The Morgan fingerprint density at radius 3 is 1.22 bits per heavy atom. The van der Waals surface area contributed by atoms with Crippen molar-refractivity contribution >= 4 is 60.9 Å². The lowest BCUT2D eigenvalue weighted by Crippen LogP contribution is -2.10. The van der Waals surface area contributed by atoms with Gasteiger partial charge in [-0.15, -0.1) is 0 Å². The second-order valence-corrected chi connectivity index (χ2v) is 14.5. The number of hydrogen-bond donors (Lipinski definition) is 0. The van der Waals surface area contributed by atoms with E-state index in [9.17, 15) is 0 Å². The van der Waals surface area contributed by atoms with Crippen LogP contribution in [0, 0.1) is 0 Å². The van der Waals surface area contributed by atoms with Crippen LogP contribution in [0.25, 0.3) is 88.4 Å². The molecule has 0 unspecified atom stereocenters. The Morgan fingerprint density at radius 2 is 0.672 bits per heavy atom. The molecule has 11 aromatic rings. The molecule has 0 aliphatic heterocycles. The van der Waals surface area contributed by atoms with E-state index in [0.717, 1.165) is 88.8 Å². The zero-order valence-electron chi connectivity index (χ0n) is 31.0. The fourth-order valence-electron chi connectivity index (χ4n) is 8.29. The van der Waals surface area contributed by atoms with Crippen LogP contribution in [0.1, 0.15) is 7.43 Å². The van der Waals surface area contributed by atoms with Crippen LogP contribution in [0.15, 0.2) is 221 Å². The van der Waals surface area contributed by atoms with Crippen LogP contribution in [0.2, 0.25) is 0 Å². The van der Waals surface area contributed by atoms with Crippen molar-refractivity contribution in [3.8, 4) is 44.5 Å². The minimum Gasteiger partial charge on any atom is -0.455 e. The summed E-state index contributed by atoms with van der Waals surface area (Å²) in [6, 6.07) is 75.1. The summed E-state index contributed by atoms with van der Waals surface area (Å²) in [5.41, 5.74) is 15.9. The molecule has 0 saturated carbocycles. The molecule has 9 aromatic carbocycles. The molecule has 0 fully saturated rings. The third-order valence-electron chi connectivity index (χ3n) is 11.1. The first-order valence-corrected chi connectivity index (χ1v) is 19.3. The number of furan rings is 2. The topological polar surface area (TPSA) is 29.5 Å².